The zero-order chi connectivity index (χ0) is 25.0. The molecule has 0 bridgehead atoms. The fraction of sp³-hybridized carbons (Fsp3) is 0.296. The number of nitrogens with one attached hydrogen (secondary N) is 2. The lowest BCUT2D eigenvalue weighted by molar-refractivity contribution is 0.102. The lowest BCUT2D eigenvalue weighted by Crippen LogP contribution is -2.33. The van der Waals surface area contributed by atoms with Crippen LogP contribution in [0.25, 0.3) is 0 Å². The van der Waals surface area contributed by atoms with Gasteiger partial charge in [0.2, 0.25) is 0 Å². The molecular formula is C27H30ClN3O3S. The van der Waals surface area contributed by atoms with Crippen LogP contribution in [-0.4, -0.2) is 32.3 Å². The van der Waals surface area contributed by atoms with Crippen molar-refractivity contribution in [2.45, 2.75) is 38.1 Å². The Hall–Kier alpha value is -2.87. The Balaban J connectivity index is 1.37. The van der Waals surface area contributed by atoms with Gasteiger partial charge in [-0.1, -0.05) is 36.7 Å². The van der Waals surface area contributed by atoms with E-state index < -0.39 is 10.0 Å². The molecule has 1 heterocycles. The van der Waals surface area contributed by atoms with Crippen LogP contribution in [0.15, 0.2) is 71.6 Å². The smallest absolute Gasteiger partial charge is 0.261 e. The second-order valence-corrected chi connectivity index (χ2v) is 11.3. The molecule has 0 aliphatic carbocycles. The summed E-state index contributed by atoms with van der Waals surface area (Å²) < 4.78 is 28.1. The number of amides is 1. The minimum atomic E-state index is -3.80. The number of carbonyl (C=O) groups is 1. The predicted octanol–water partition coefficient (Wildman–Crippen LogP) is 5.93. The number of hydrogen-bond donors (Lipinski definition) is 2. The molecule has 6 nitrogen and oxygen atoms in total. The molecule has 1 saturated heterocycles. The average molecular weight is 512 g/mol. The molecule has 1 aliphatic heterocycles. The van der Waals surface area contributed by atoms with E-state index >= 15 is 0 Å². The Morgan fingerprint density at radius 3 is 2.46 bits per heavy atom. The number of rotatable bonds is 7. The summed E-state index contributed by atoms with van der Waals surface area (Å²) in [5.41, 5.74) is 3.44. The molecule has 3 aromatic carbocycles. The fourth-order valence-corrected chi connectivity index (χ4v) is 5.57. The topological polar surface area (TPSA) is 78.5 Å². The Morgan fingerprint density at radius 2 is 1.77 bits per heavy atom. The number of piperidine rings is 1. The maximum atomic E-state index is 12.8. The zero-order valence-electron chi connectivity index (χ0n) is 19.9. The van der Waals surface area contributed by atoms with Crippen LogP contribution < -0.4 is 10.0 Å². The normalized spacial score (nSPS) is 16.6. The minimum Gasteiger partial charge on any atom is -0.322 e. The van der Waals surface area contributed by atoms with Gasteiger partial charge in [0, 0.05) is 29.4 Å². The number of sulfonamides is 1. The van der Waals surface area contributed by atoms with E-state index in [-0.39, 0.29) is 10.8 Å². The maximum Gasteiger partial charge on any atom is 0.261 e. The van der Waals surface area contributed by atoms with E-state index in [1.807, 2.05) is 24.3 Å². The summed E-state index contributed by atoms with van der Waals surface area (Å²) in [7, 11) is -3.80. The molecule has 0 spiro atoms. The fourth-order valence-electron chi connectivity index (χ4n) is 4.28. The van der Waals surface area contributed by atoms with Crippen molar-refractivity contribution in [3.63, 3.8) is 0 Å². The van der Waals surface area contributed by atoms with Crippen molar-refractivity contribution >= 4 is 38.9 Å². The zero-order valence-corrected chi connectivity index (χ0v) is 21.5. The largest absolute Gasteiger partial charge is 0.322 e. The van der Waals surface area contributed by atoms with E-state index in [1.165, 1.54) is 30.5 Å². The number of hydrogen-bond acceptors (Lipinski definition) is 4. The summed E-state index contributed by atoms with van der Waals surface area (Å²) in [4.78, 5) is 15.2. The average Bonchev–Trinajstić information content (AvgIpc) is 2.82. The van der Waals surface area contributed by atoms with Gasteiger partial charge in [-0.15, -0.1) is 0 Å². The standard InChI is InChI=1S/C27H30ClN3O3S/c1-19-4-3-15-31(17-19)18-21-6-8-22(9-7-21)27(32)29-24-11-13-25(14-12-24)35(33,34)30-26-16-23(28)10-5-20(26)2/h5-14,16,19,30H,3-4,15,17-18H2,1-2H3,(H,29,32)/t19-/m1/s1. The lowest BCUT2D eigenvalue weighted by Gasteiger charge is -2.30. The number of halogens is 1. The van der Waals surface area contributed by atoms with Gasteiger partial charge in [0.1, 0.15) is 0 Å². The summed E-state index contributed by atoms with van der Waals surface area (Å²) in [6.45, 7) is 7.21. The highest BCUT2D eigenvalue weighted by atomic mass is 35.5. The summed E-state index contributed by atoms with van der Waals surface area (Å²) in [5, 5.41) is 3.27. The number of aryl methyl sites for hydroxylation is 1. The third kappa shape index (κ3) is 6.63. The highest BCUT2D eigenvalue weighted by molar-refractivity contribution is 7.92. The van der Waals surface area contributed by atoms with Gasteiger partial charge >= 0.3 is 0 Å². The molecule has 1 amide bonds. The molecular weight excluding hydrogens is 482 g/mol. The van der Waals surface area contributed by atoms with Crippen molar-refractivity contribution in [2.75, 3.05) is 23.1 Å². The first-order chi connectivity index (χ1) is 16.7. The van der Waals surface area contributed by atoms with Gasteiger partial charge in [0.15, 0.2) is 0 Å². The van der Waals surface area contributed by atoms with E-state index in [0.717, 1.165) is 31.1 Å². The van der Waals surface area contributed by atoms with Crippen LogP contribution in [-0.2, 0) is 16.6 Å². The molecule has 8 heteroatoms. The molecule has 1 fully saturated rings. The van der Waals surface area contributed by atoms with Gasteiger partial charge in [-0.3, -0.25) is 14.4 Å². The first kappa shape index (κ1) is 25.2. The molecule has 0 saturated carbocycles. The van der Waals surface area contributed by atoms with Crippen LogP contribution in [0.4, 0.5) is 11.4 Å². The van der Waals surface area contributed by atoms with Crippen molar-refractivity contribution in [3.05, 3.63) is 88.4 Å². The van der Waals surface area contributed by atoms with Crippen molar-refractivity contribution < 1.29 is 13.2 Å². The molecule has 4 rings (SSSR count). The van der Waals surface area contributed by atoms with Gasteiger partial charge < -0.3 is 5.32 Å². The van der Waals surface area contributed by atoms with Crippen LogP contribution in [0.1, 0.15) is 41.3 Å². The van der Waals surface area contributed by atoms with Crippen molar-refractivity contribution in [1.82, 2.24) is 4.90 Å². The number of benzene rings is 3. The van der Waals surface area contributed by atoms with E-state index in [0.29, 0.717) is 22.0 Å². The number of carbonyl (C=O) groups excluding carboxylic acids is 1. The summed E-state index contributed by atoms with van der Waals surface area (Å²) in [5.74, 6) is 0.485. The van der Waals surface area contributed by atoms with Crippen LogP contribution in [0.2, 0.25) is 5.02 Å². The maximum absolute atomic E-state index is 12.8. The highest BCUT2D eigenvalue weighted by Gasteiger charge is 2.17. The molecule has 1 atom stereocenters. The van der Waals surface area contributed by atoms with Crippen LogP contribution in [0.3, 0.4) is 0 Å². The number of likely N-dealkylation sites (tertiary alicyclic amines) is 1. The van der Waals surface area contributed by atoms with Gasteiger partial charge in [-0.25, -0.2) is 8.42 Å². The van der Waals surface area contributed by atoms with E-state index in [4.69, 9.17) is 11.6 Å². The molecule has 0 radical (unpaired) electrons. The minimum absolute atomic E-state index is 0.0891. The Kier molecular flexibility index (Phi) is 7.79. The van der Waals surface area contributed by atoms with Gasteiger partial charge in [0.05, 0.1) is 10.6 Å². The van der Waals surface area contributed by atoms with Crippen LogP contribution in [0, 0.1) is 12.8 Å². The Labute approximate surface area is 212 Å². The van der Waals surface area contributed by atoms with E-state index in [1.54, 1.807) is 37.3 Å². The van der Waals surface area contributed by atoms with E-state index in [2.05, 4.69) is 21.9 Å². The third-order valence-corrected chi connectivity index (χ3v) is 7.85. The monoisotopic (exact) mass is 511 g/mol. The predicted molar refractivity (Wildman–Crippen MR) is 142 cm³/mol. The summed E-state index contributed by atoms with van der Waals surface area (Å²) >= 11 is 5.99. The first-order valence-corrected chi connectivity index (χ1v) is 13.6. The lowest BCUT2D eigenvalue weighted by atomic mass is 9.99. The molecule has 2 N–H and O–H groups in total. The molecule has 184 valence electrons. The number of nitrogens with zero attached hydrogens (tertiary/aromatic N) is 1. The molecule has 1 aliphatic rings. The van der Waals surface area contributed by atoms with Crippen LogP contribution >= 0.6 is 11.6 Å². The molecule has 35 heavy (non-hydrogen) atoms. The van der Waals surface area contributed by atoms with E-state index in [9.17, 15) is 13.2 Å². The second kappa shape index (κ2) is 10.8. The second-order valence-electron chi connectivity index (χ2n) is 9.22. The summed E-state index contributed by atoms with van der Waals surface area (Å²) in [6.07, 6.45) is 2.53. The molecule has 0 unspecified atom stereocenters. The van der Waals surface area contributed by atoms with Gasteiger partial charge in [-0.05, 0) is 91.9 Å². The Morgan fingerprint density at radius 1 is 1.06 bits per heavy atom. The third-order valence-electron chi connectivity index (χ3n) is 6.23. The highest BCUT2D eigenvalue weighted by Crippen LogP contribution is 2.24. The van der Waals surface area contributed by atoms with Crippen molar-refractivity contribution in [1.29, 1.82) is 0 Å². The quantitative estimate of drug-likeness (QED) is 0.412. The Bertz CT molecular complexity index is 1290. The van der Waals surface area contributed by atoms with Crippen molar-refractivity contribution in [3.8, 4) is 0 Å². The van der Waals surface area contributed by atoms with Gasteiger partial charge in [0.25, 0.3) is 15.9 Å². The molecule has 3 aromatic rings. The van der Waals surface area contributed by atoms with Crippen LogP contribution in [0.5, 0.6) is 0 Å². The number of anilines is 2. The van der Waals surface area contributed by atoms with Gasteiger partial charge in [-0.2, -0.15) is 0 Å². The summed E-state index contributed by atoms with van der Waals surface area (Å²) in [6, 6.07) is 18.7. The SMILES string of the molecule is Cc1ccc(Cl)cc1NS(=O)(=O)c1ccc(NC(=O)c2ccc(CN3CCC[C@@H](C)C3)cc2)cc1. The van der Waals surface area contributed by atoms with Crippen molar-refractivity contribution in [2.24, 2.45) is 5.92 Å². The molecule has 0 aromatic heterocycles. The first-order valence-electron chi connectivity index (χ1n) is 11.7.